The number of rotatable bonds is 3. The molecule has 1 atom stereocenters. The molecule has 1 aromatic rings. The average Bonchev–Trinajstić information content (AvgIpc) is 2.06. The number of benzene rings is 1. The highest BCUT2D eigenvalue weighted by Gasteiger charge is 2.19. The van der Waals surface area contributed by atoms with Crippen molar-refractivity contribution < 1.29 is 5.11 Å². The minimum absolute atomic E-state index is 0.448. The van der Waals surface area contributed by atoms with E-state index < -0.39 is 5.18 Å². The normalized spacial score (nSPS) is 15.2. The second-order valence-electron chi connectivity index (χ2n) is 2.60. The van der Waals surface area contributed by atoms with Crippen LogP contribution in [-0.2, 0) is 0 Å². The van der Waals surface area contributed by atoms with Crippen molar-refractivity contribution in [2.75, 3.05) is 5.32 Å². The molecule has 0 radical (unpaired) electrons. The lowest BCUT2D eigenvalue weighted by Gasteiger charge is -2.21. The highest BCUT2D eigenvalue weighted by molar-refractivity contribution is 6.23. The molecule has 66 valence electrons. The molecule has 0 aliphatic carbocycles. The van der Waals surface area contributed by atoms with Gasteiger partial charge in [-0.15, -0.1) is 0 Å². The van der Waals surface area contributed by atoms with Crippen LogP contribution < -0.4 is 5.32 Å². The fraction of sp³-hybridized carbons (Fsp3) is 0.333. The molecule has 1 unspecified atom stereocenters. The van der Waals surface area contributed by atoms with Gasteiger partial charge in [-0.05, 0) is 12.1 Å². The lowest BCUT2D eigenvalue weighted by Crippen LogP contribution is -2.29. The summed E-state index contributed by atoms with van der Waals surface area (Å²) in [6.45, 7) is 1.81. The van der Waals surface area contributed by atoms with Gasteiger partial charge in [0.15, 0.2) is 0 Å². The number of para-hydroxylation sites is 1. The van der Waals surface area contributed by atoms with Gasteiger partial charge < -0.3 is 10.4 Å². The minimum atomic E-state index is -1.33. The van der Waals surface area contributed by atoms with E-state index >= 15 is 0 Å². The molecule has 2 nitrogen and oxygen atoms in total. The van der Waals surface area contributed by atoms with Gasteiger partial charge in [-0.3, -0.25) is 0 Å². The van der Waals surface area contributed by atoms with Gasteiger partial charge in [0.05, 0.1) is 0 Å². The Kier molecular flexibility index (Phi) is 2.95. The van der Waals surface area contributed by atoms with E-state index in [1.54, 1.807) is 0 Å². The molecule has 0 aliphatic heterocycles. The summed E-state index contributed by atoms with van der Waals surface area (Å²) in [5, 5.41) is 10.9. The molecular weight excluding hydrogens is 174 g/mol. The Hall–Kier alpha value is -0.730. The van der Waals surface area contributed by atoms with Gasteiger partial charge in [0, 0.05) is 12.1 Å². The lowest BCUT2D eigenvalue weighted by atomic mass is 10.3. The van der Waals surface area contributed by atoms with Crippen molar-refractivity contribution in [2.45, 2.75) is 18.5 Å². The van der Waals surface area contributed by atoms with Crippen LogP contribution in [0.2, 0.25) is 0 Å². The van der Waals surface area contributed by atoms with E-state index in [0.717, 1.165) is 5.69 Å². The highest BCUT2D eigenvalue weighted by atomic mass is 35.5. The van der Waals surface area contributed by atoms with E-state index in [1.807, 2.05) is 37.3 Å². The number of halogens is 1. The average molecular weight is 186 g/mol. The molecule has 2 N–H and O–H groups in total. The van der Waals surface area contributed by atoms with Crippen molar-refractivity contribution >= 4 is 17.3 Å². The largest absolute Gasteiger partial charge is 0.358 e. The first-order valence-electron chi connectivity index (χ1n) is 3.88. The van der Waals surface area contributed by atoms with Crippen molar-refractivity contribution in [1.82, 2.24) is 0 Å². The van der Waals surface area contributed by atoms with Crippen LogP contribution in [0.25, 0.3) is 0 Å². The quantitative estimate of drug-likeness (QED) is 0.431. The number of anilines is 1. The minimum Gasteiger partial charge on any atom is -0.358 e. The SMILES string of the molecule is CCC(O)(Cl)Nc1ccccc1. The zero-order valence-corrected chi connectivity index (χ0v) is 7.67. The maximum atomic E-state index is 9.43. The summed E-state index contributed by atoms with van der Waals surface area (Å²) in [7, 11) is 0. The van der Waals surface area contributed by atoms with Crippen molar-refractivity contribution in [3.05, 3.63) is 30.3 Å². The topological polar surface area (TPSA) is 32.3 Å². The van der Waals surface area contributed by atoms with Crippen LogP contribution in [0.1, 0.15) is 13.3 Å². The molecule has 3 heteroatoms. The lowest BCUT2D eigenvalue weighted by molar-refractivity contribution is 0.154. The van der Waals surface area contributed by atoms with E-state index in [0.29, 0.717) is 6.42 Å². The predicted octanol–water partition coefficient (Wildman–Crippen LogP) is 2.39. The van der Waals surface area contributed by atoms with Gasteiger partial charge in [-0.25, -0.2) is 0 Å². The van der Waals surface area contributed by atoms with Crippen LogP contribution in [0.15, 0.2) is 30.3 Å². The second kappa shape index (κ2) is 3.78. The maximum Gasteiger partial charge on any atom is 0.213 e. The Morgan fingerprint density at radius 2 is 2.00 bits per heavy atom. The first-order chi connectivity index (χ1) is 5.64. The van der Waals surface area contributed by atoms with Gasteiger partial charge in [0.25, 0.3) is 0 Å². The van der Waals surface area contributed by atoms with Crippen LogP contribution in [0.4, 0.5) is 5.69 Å². The Balaban J connectivity index is 2.64. The van der Waals surface area contributed by atoms with Gasteiger partial charge in [-0.1, -0.05) is 36.7 Å². The number of hydrogen-bond donors (Lipinski definition) is 2. The van der Waals surface area contributed by atoms with E-state index in [-0.39, 0.29) is 0 Å². The smallest absolute Gasteiger partial charge is 0.213 e. The third-order valence-corrected chi connectivity index (χ3v) is 1.94. The van der Waals surface area contributed by atoms with Crippen molar-refractivity contribution in [3.8, 4) is 0 Å². The second-order valence-corrected chi connectivity index (χ2v) is 3.23. The zero-order chi connectivity index (χ0) is 9.03. The van der Waals surface area contributed by atoms with Crippen LogP contribution in [-0.4, -0.2) is 10.3 Å². The Labute approximate surface area is 77.2 Å². The fourth-order valence-corrected chi connectivity index (χ4v) is 0.940. The van der Waals surface area contributed by atoms with Crippen LogP contribution in [0.3, 0.4) is 0 Å². The van der Waals surface area contributed by atoms with Crippen molar-refractivity contribution in [3.63, 3.8) is 0 Å². The molecule has 0 saturated heterocycles. The highest BCUT2D eigenvalue weighted by Crippen LogP contribution is 2.19. The first kappa shape index (κ1) is 9.36. The standard InChI is InChI=1S/C9H12ClNO/c1-2-9(10,12)11-8-6-4-3-5-7-8/h3-7,11-12H,2H2,1H3. The number of nitrogens with one attached hydrogen (secondary N) is 1. The maximum absolute atomic E-state index is 9.43. The van der Waals surface area contributed by atoms with Crippen LogP contribution in [0, 0.1) is 0 Å². The molecule has 1 aromatic carbocycles. The Morgan fingerprint density at radius 1 is 1.42 bits per heavy atom. The van der Waals surface area contributed by atoms with E-state index in [2.05, 4.69) is 5.32 Å². The molecule has 12 heavy (non-hydrogen) atoms. The molecule has 0 amide bonds. The number of alkyl halides is 1. The van der Waals surface area contributed by atoms with Crippen LogP contribution in [0.5, 0.6) is 0 Å². The summed E-state index contributed by atoms with van der Waals surface area (Å²) in [6.07, 6.45) is 0.448. The molecular formula is C9H12ClNO. The monoisotopic (exact) mass is 185 g/mol. The molecule has 0 aromatic heterocycles. The van der Waals surface area contributed by atoms with E-state index in [4.69, 9.17) is 11.6 Å². The van der Waals surface area contributed by atoms with Crippen molar-refractivity contribution in [1.29, 1.82) is 0 Å². The third-order valence-electron chi connectivity index (χ3n) is 1.58. The molecule has 0 aliphatic rings. The van der Waals surface area contributed by atoms with Gasteiger partial charge in [0.1, 0.15) is 0 Å². The zero-order valence-electron chi connectivity index (χ0n) is 6.92. The Bertz CT molecular complexity index is 236. The molecule has 0 saturated carbocycles. The molecule has 0 heterocycles. The number of aliphatic hydroxyl groups is 1. The molecule has 0 spiro atoms. The predicted molar refractivity (Wildman–Crippen MR) is 51.2 cm³/mol. The third kappa shape index (κ3) is 2.72. The van der Waals surface area contributed by atoms with E-state index in [1.165, 1.54) is 0 Å². The summed E-state index contributed by atoms with van der Waals surface area (Å²) in [5.74, 6) is 0. The first-order valence-corrected chi connectivity index (χ1v) is 4.26. The van der Waals surface area contributed by atoms with Gasteiger partial charge >= 0.3 is 0 Å². The summed E-state index contributed by atoms with van der Waals surface area (Å²) in [5.41, 5.74) is 0.817. The summed E-state index contributed by atoms with van der Waals surface area (Å²) < 4.78 is 0. The molecule has 0 fully saturated rings. The summed E-state index contributed by atoms with van der Waals surface area (Å²) in [4.78, 5) is 0. The molecule has 1 rings (SSSR count). The Morgan fingerprint density at radius 3 is 2.50 bits per heavy atom. The van der Waals surface area contributed by atoms with E-state index in [9.17, 15) is 5.11 Å². The summed E-state index contributed by atoms with van der Waals surface area (Å²) in [6, 6.07) is 9.37. The van der Waals surface area contributed by atoms with Crippen LogP contribution >= 0.6 is 11.6 Å². The fourth-order valence-electron chi connectivity index (χ4n) is 0.831. The van der Waals surface area contributed by atoms with Gasteiger partial charge in [0.2, 0.25) is 5.18 Å². The number of hydrogen-bond acceptors (Lipinski definition) is 2. The summed E-state index contributed by atoms with van der Waals surface area (Å²) >= 11 is 5.70. The van der Waals surface area contributed by atoms with Crippen molar-refractivity contribution in [2.24, 2.45) is 0 Å². The van der Waals surface area contributed by atoms with Gasteiger partial charge in [-0.2, -0.15) is 0 Å². The molecule has 0 bridgehead atoms.